The number of hydrogen-bond acceptors (Lipinski definition) is 4. The van der Waals surface area contributed by atoms with E-state index in [4.69, 9.17) is 4.74 Å². The number of hydrogen-bond donors (Lipinski definition) is 2. The molecular formula is C11H23N3O3S. The van der Waals surface area contributed by atoms with Crippen molar-refractivity contribution in [3.63, 3.8) is 0 Å². The second-order valence-corrected chi connectivity index (χ2v) is 5.99. The van der Waals surface area contributed by atoms with Gasteiger partial charge in [0.1, 0.15) is 0 Å². The van der Waals surface area contributed by atoms with Gasteiger partial charge < -0.3 is 9.64 Å². The molecule has 0 saturated carbocycles. The van der Waals surface area contributed by atoms with Gasteiger partial charge in [0.05, 0.1) is 6.04 Å². The lowest BCUT2D eigenvalue weighted by atomic mass is 10.1. The van der Waals surface area contributed by atoms with Crippen LogP contribution in [-0.4, -0.2) is 63.5 Å². The van der Waals surface area contributed by atoms with E-state index in [2.05, 4.69) is 17.4 Å². The van der Waals surface area contributed by atoms with E-state index in [1.807, 2.05) is 0 Å². The molecule has 2 unspecified atom stereocenters. The van der Waals surface area contributed by atoms with Crippen molar-refractivity contribution >= 4 is 11.3 Å². The number of rotatable bonds is 4. The highest BCUT2D eigenvalue weighted by Gasteiger charge is 2.29. The molecule has 0 amide bonds. The van der Waals surface area contributed by atoms with E-state index in [1.165, 1.54) is 4.41 Å². The van der Waals surface area contributed by atoms with Crippen LogP contribution >= 0.6 is 0 Å². The van der Waals surface area contributed by atoms with Crippen molar-refractivity contribution in [3.05, 3.63) is 0 Å². The minimum absolute atomic E-state index is 0.109. The molecule has 2 heterocycles. The molecule has 0 aromatic rings. The second-order valence-electron chi connectivity index (χ2n) is 5.13. The average molecular weight is 277 g/mol. The Bertz CT molecular complexity index is 287. The molecule has 18 heavy (non-hydrogen) atoms. The molecule has 0 bridgehead atoms. The highest BCUT2D eigenvalue weighted by Crippen LogP contribution is 2.16. The topological polar surface area (TPSA) is 65.0 Å². The smallest absolute Gasteiger partial charge is 0.249 e. The predicted molar refractivity (Wildman–Crippen MR) is 70.1 cm³/mol. The van der Waals surface area contributed by atoms with Crippen LogP contribution in [0.2, 0.25) is 0 Å². The molecule has 2 rings (SSSR count). The van der Waals surface area contributed by atoms with Crippen molar-refractivity contribution in [3.8, 4) is 0 Å². The maximum atomic E-state index is 11.5. The van der Waals surface area contributed by atoms with E-state index < -0.39 is 11.3 Å². The quantitative estimate of drug-likeness (QED) is 0.568. The van der Waals surface area contributed by atoms with Gasteiger partial charge in [-0.2, -0.15) is 0 Å². The van der Waals surface area contributed by atoms with Gasteiger partial charge in [0.2, 0.25) is 11.3 Å². The fraction of sp³-hybridized carbons (Fsp3) is 1.00. The SMILES string of the molecule is CN1CCCC(N(NC2CCOCC2)S(=O)O)C1. The van der Waals surface area contributed by atoms with E-state index in [9.17, 15) is 8.76 Å². The van der Waals surface area contributed by atoms with Crippen molar-refractivity contribution in [1.82, 2.24) is 14.7 Å². The third-order valence-corrected chi connectivity index (χ3v) is 4.37. The van der Waals surface area contributed by atoms with Crippen LogP contribution in [0.5, 0.6) is 0 Å². The van der Waals surface area contributed by atoms with E-state index >= 15 is 0 Å². The molecule has 6 nitrogen and oxygen atoms in total. The Morgan fingerprint density at radius 2 is 2.11 bits per heavy atom. The molecule has 2 fully saturated rings. The first-order valence-electron chi connectivity index (χ1n) is 6.59. The summed E-state index contributed by atoms with van der Waals surface area (Å²) in [5.41, 5.74) is 3.22. The van der Waals surface area contributed by atoms with Gasteiger partial charge in [-0.05, 0) is 39.3 Å². The summed E-state index contributed by atoms with van der Waals surface area (Å²) in [5, 5.41) is 0. The van der Waals surface area contributed by atoms with Crippen LogP contribution in [-0.2, 0) is 16.0 Å². The van der Waals surface area contributed by atoms with Crippen molar-refractivity contribution in [2.75, 3.05) is 33.4 Å². The standard InChI is InChI=1S/C11H23N3O3S/c1-13-6-2-3-11(9-13)14(18(15)16)12-10-4-7-17-8-5-10/h10-12H,2-9H2,1H3,(H,15,16). The third-order valence-electron chi connectivity index (χ3n) is 3.63. The molecule has 0 aliphatic carbocycles. The van der Waals surface area contributed by atoms with Crippen molar-refractivity contribution in [1.29, 1.82) is 0 Å². The van der Waals surface area contributed by atoms with Crippen LogP contribution in [0.1, 0.15) is 25.7 Å². The Morgan fingerprint density at radius 1 is 1.39 bits per heavy atom. The van der Waals surface area contributed by atoms with Gasteiger partial charge in [0.25, 0.3) is 0 Å². The zero-order valence-corrected chi connectivity index (χ0v) is 11.7. The van der Waals surface area contributed by atoms with Gasteiger partial charge in [-0.1, -0.05) is 0 Å². The second kappa shape index (κ2) is 6.93. The van der Waals surface area contributed by atoms with Crippen LogP contribution in [0.15, 0.2) is 0 Å². The summed E-state index contributed by atoms with van der Waals surface area (Å²) in [6.07, 6.45) is 3.84. The van der Waals surface area contributed by atoms with Gasteiger partial charge in [0.15, 0.2) is 0 Å². The molecule has 2 aliphatic rings. The Kier molecular flexibility index (Phi) is 5.53. The minimum Gasteiger partial charge on any atom is -0.381 e. The summed E-state index contributed by atoms with van der Waals surface area (Å²) in [7, 11) is 2.05. The van der Waals surface area contributed by atoms with Crippen LogP contribution in [0.4, 0.5) is 0 Å². The molecule has 0 radical (unpaired) electrons. The number of nitrogens with one attached hydrogen (secondary N) is 1. The van der Waals surface area contributed by atoms with Crippen LogP contribution in [0, 0.1) is 0 Å². The number of nitrogens with zero attached hydrogens (tertiary/aromatic N) is 2. The Labute approximate surface area is 111 Å². The molecule has 0 spiro atoms. The summed E-state index contributed by atoms with van der Waals surface area (Å²) in [4.78, 5) is 2.21. The van der Waals surface area contributed by atoms with Crippen molar-refractivity contribution in [2.45, 2.75) is 37.8 Å². The van der Waals surface area contributed by atoms with Crippen LogP contribution in [0.25, 0.3) is 0 Å². The molecule has 2 aliphatic heterocycles. The van der Waals surface area contributed by atoms with Crippen LogP contribution < -0.4 is 5.43 Å². The van der Waals surface area contributed by atoms with Crippen molar-refractivity contribution < 1.29 is 13.5 Å². The zero-order valence-electron chi connectivity index (χ0n) is 10.9. The fourth-order valence-corrected chi connectivity index (χ4v) is 3.28. The molecule has 0 aromatic carbocycles. The lowest BCUT2D eigenvalue weighted by Gasteiger charge is -2.38. The minimum atomic E-state index is -1.96. The average Bonchev–Trinajstić information content (AvgIpc) is 2.37. The number of piperidine rings is 1. The molecule has 2 atom stereocenters. The normalized spacial score (nSPS) is 29.6. The van der Waals surface area contributed by atoms with E-state index in [1.54, 1.807) is 0 Å². The molecule has 7 heteroatoms. The number of hydrazine groups is 1. The Hall–Kier alpha value is -0.0500. The Morgan fingerprint density at radius 3 is 2.72 bits per heavy atom. The van der Waals surface area contributed by atoms with Gasteiger partial charge in [-0.3, -0.25) is 4.55 Å². The first-order chi connectivity index (χ1) is 8.66. The van der Waals surface area contributed by atoms with Gasteiger partial charge >= 0.3 is 0 Å². The van der Waals surface area contributed by atoms with Crippen LogP contribution in [0.3, 0.4) is 0 Å². The lowest BCUT2D eigenvalue weighted by molar-refractivity contribution is 0.0491. The summed E-state index contributed by atoms with van der Waals surface area (Å²) in [6, 6.07) is 0.361. The highest BCUT2D eigenvalue weighted by atomic mass is 32.2. The monoisotopic (exact) mass is 277 g/mol. The van der Waals surface area contributed by atoms with E-state index in [-0.39, 0.29) is 12.1 Å². The summed E-state index contributed by atoms with van der Waals surface area (Å²) < 4.78 is 27.8. The van der Waals surface area contributed by atoms with Gasteiger partial charge in [-0.15, -0.1) is 4.41 Å². The van der Waals surface area contributed by atoms with E-state index in [0.717, 1.165) is 52.0 Å². The summed E-state index contributed by atoms with van der Waals surface area (Å²) in [5.74, 6) is 0. The Balaban J connectivity index is 1.92. The number of likely N-dealkylation sites (tertiary alicyclic amines) is 1. The summed E-state index contributed by atoms with van der Waals surface area (Å²) >= 11 is -1.96. The third kappa shape index (κ3) is 3.97. The first kappa shape index (κ1) is 14.4. The van der Waals surface area contributed by atoms with Crippen molar-refractivity contribution in [2.24, 2.45) is 0 Å². The molecule has 106 valence electrons. The first-order valence-corrected chi connectivity index (χ1v) is 7.66. The van der Waals surface area contributed by atoms with E-state index in [0.29, 0.717) is 0 Å². The molecular weight excluding hydrogens is 254 g/mol. The largest absolute Gasteiger partial charge is 0.381 e. The fourth-order valence-electron chi connectivity index (χ4n) is 2.62. The maximum absolute atomic E-state index is 11.5. The highest BCUT2D eigenvalue weighted by molar-refractivity contribution is 7.76. The maximum Gasteiger partial charge on any atom is 0.249 e. The number of ether oxygens (including phenoxy) is 1. The molecule has 0 aromatic heterocycles. The van der Waals surface area contributed by atoms with Gasteiger partial charge in [-0.25, -0.2) is 9.63 Å². The molecule has 2 N–H and O–H groups in total. The zero-order chi connectivity index (χ0) is 13.0. The summed E-state index contributed by atoms with van der Waals surface area (Å²) in [6.45, 7) is 3.37. The number of likely N-dealkylation sites (N-methyl/N-ethyl adjacent to an activating group) is 1. The predicted octanol–water partition coefficient (Wildman–Crippen LogP) is 0.203. The molecule has 2 saturated heterocycles. The van der Waals surface area contributed by atoms with Gasteiger partial charge in [0, 0.05) is 25.8 Å². The lowest BCUT2D eigenvalue weighted by Crippen LogP contribution is -2.56.